The number of hydrogen-bond acceptors (Lipinski definition) is 4. The lowest BCUT2D eigenvalue weighted by molar-refractivity contribution is -0.114. The molecule has 5 nitrogen and oxygen atoms in total. The van der Waals surface area contributed by atoms with Gasteiger partial charge >= 0.3 is 0 Å². The summed E-state index contributed by atoms with van der Waals surface area (Å²) in [6, 6.07) is 36.0. The third kappa shape index (κ3) is 4.64. The van der Waals surface area contributed by atoms with Gasteiger partial charge in [-0.25, -0.2) is 0 Å². The van der Waals surface area contributed by atoms with Gasteiger partial charge in [0, 0.05) is 11.4 Å². The Hall–Kier alpha value is -4.48. The van der Waals surface area contributed by atoms with Gasteiger partial charge < -0.3 is 0 Å². The van der Waals surface area contributed by atoms with Crippen LogP contribution in [-0.2, 0) is 4.79 Å². The largest absolute Gasteiger partial charge is 0.280 e. The first-order valence-electron chi connectivity index (χ1n) is 12.5. The van der Waals surface area contributed by atoms with Crippen LogP contribution >= 0.6 is 11.6 Å². The van der Waals surface area contributed by atoms with E-state index >= 15 is 0 Å². The second kappa shape index (κ2) is 10.1. The van der Waals surface area contributed by atoms with Crippen LogP contribution in [0, 0.1) is 0 Å². The maximum atomic E-state index is 13.1. The summed E-state index contributed by atoms with van der Waals surface area (Å²) in [5.41, 5.74) is 7.25. The van der Waals surface area contributed by atoms with E-state index in [0.29, 0.717) is 16.3 Å². The Morgan fingerprint density at radius 1 is 0.789 bits per heavy atom. The van der Waals surface area contributed by atoms with E-state index in [1.165, 1.54) is 10.6 Å². The van der Waals surface area contributed by atoms with Gasteiger partial charge in [-0.15, -0.1) is 0 Å². The van der Waals surface area contributed by atoms with Crippen LogP contribution in [0.3, 0.4) is 0 Å². The average molecular weight is 517 g/mol. The summed E-state index contributed by atoms with van der Waals surface area (Å²) in [6.45, 7) is 1.86. The molecule has 0 spiro atoms. The summed E-state index contributed by atoms with van der Waals surface area (Å²) in [5, 5.41) is 13.8. The molecule has 0 radical (unpaired) electrons. The first-order valence-corrected chi connectivity index (χ1v) is 12.9. The predicted molar refractivity (Wildman–Crippen MR) is 156 cm³/mol. The van der Waals surface area contributed by atoms with Gasteiger partial charge in [0.25, 0.3) is 5.91 Å². The summed E-state index contributed by atoms with van der Waals surface area (Å²) in [5.74, 6) is -0.126. The van der Waals surface area contributed by atoms with Crippen LogP contribution in [0.1, 0.15) is 36.1 Å². The zero-order valence-corrected chi connectivity index (χ0v) is 21.6. The Kier molecular flexibility index (Phi) is 6.36. The van der Waals surface area contributed by atoms with Crippen molar-refractivity contribution in [1.82, 2.24) is 0 Å². The number of hydrogen-bond donors (Lipinski definition) is 0. The van der Waals surface area contributed by atoms with Gasteiger partial charge in [0.2, 0.25) is 0 Å². The fraction of sp³-hybridized carbons (Fsp3) is 0.0938. The van der Waals surface area contributed by atoms with E-state index in [-0.39, 0.29) is 11.9 Å². The molecule has 186 valence electrons. The van der Waals surface area contributed by atoms with Crippen molar-refractivity contribution in [2.45, 2.75) is 19.4 Å². The zero-order chi connectivity index (χ0) is 26.1. The molecule has 6 rings (SSSR count). The normalized spacial score (nSPS) is 18.2. The highest BCUT2D eigenvalue weighted by Gasteiger charge is 2.30. The molecule has 0 fully saturated rings. The lowest BCUT2D eigenvalue weighted by Crippen LogP contribution is -2.21. The Morgan fingerprint density at radius 2 is 1.45 bits per heavy atom. The number of carbonyl (C=O) groups is 1. The first kappa shape index (κ1) is 23.9. The molecule has 1 amide bonds. The standard InChI is InChI=1S/C32H25ClN4O/c1-22-29(32(38)37(34-22)27-10-6-3-7-11-27)20-23-12-18-28(19-13-23)36-31(25-8-4-2-5-9-25)21-30(35-36)24-14-16-26(33)17-15-24/h2-20,31H,21H2,1H3/b29-20+/t31-/m1/s1. The van der Waals surface area contributed by atoms with Crippen molar-refractivity contribution in [3.05, 3.63) is 136 Å². The molecule has 6 heteroatoms. The van der Waals surface area contributed by atoms with Gasteiger partial charge in [-0.05, 0) is 66.1 Å². The molecule has 38 heavy (non-hydrogen) atoms. The molecule has 1 atom stereocenters. The topological polar surface area (TPSA) is 48.3 Å². The lowest BCUT2D eigenvalue weighted by atomic mass is 9.98. The molecular formula is C32H25ClN4O. The van der Waals surface area contributed by atoms with Gasteiger partial charge in [0.1, 0.15) is 0 Å². The van der Waals surface area contributed by atoms with Crippen LogP contribution < -0.4 is 10.0 Å². The van der Waals surface area contributed by atoms with E-state index in [9.17, 15) is 4.79 Å². The van der Waals surface area contributed by atoms with Gasteiger partial charge in [0.05, 0.1) is 34.4 Å². The summed E-state index contributed by atoms with van der Waals surface area (Å²) < 4.78 is 0. The van der Waals surface area contributed by atoms with Crippen LogP contribution in [0.5, 0.6) is 0 Å². The second-order valence-electron chi connectivity index (χ2n) is 9.32. The van der Waals surface area contributed by atoms with Crippen molar-refractivity contribution < 1.29 is 4.79 Å². The summed E-state index contributed by atoms with van der Waals surface area (Å²) in [7, 11) is 0. The number of benzene rings is 4. The van der Waals surface area contributed by atoms with Crippen molar-refractivity contribution in [3.8, 4) is 0 Å². The number of halogens is 1. The van der Waals surface area contributed by atoms with E-state index in [4.69, 9.17) is 16.7 Å². The molecule has 2 aliphatic rings. The third-order valence-electron chi connectivity index (χ3n) is 6.80. The van der Waals surface area contributed by atoms with Crippen LogP contribution in [0.2, 0.25) is 5.02 Å². The van der Waals surface area contributed by atoms with Crippen LogP contribution in [0.25, 0.3) is 6.08 Å². The minimum Gasteiger partial charge on any atom is -0.267 e. The Labute approximate surface area is 227 Å². The number of rotatable bonds is 5. The number of amides is 1. The molecule has 0 unspecified atom stereocenters. The third-order valence-corrected chi connectivity index (χ3v) is 7.06. The van der Waals surface area contributed by atoms with Crippen molar-refractivity contribution in [2.75, 3.05) is 10.0 Å². The highest BCUT2D eigenvalue weighted by molar-refractivity contribution is 6.32. The molecule has 0 saturated carbocycles. The predicted octanol–water partition coefficient (Wildman–Crippen LogP) is 7.50. The second-order valence-corrected chi connectivity index (χ2v) is 9.75. The van der Waals surface area contributed by atoms with Crippen molar-refractivity contribution in [1.29, 1.82) is 0 Å². The fourth-order valence-corrected chi connectivity index (χ4v) is 4.94. The minimum atomic E-state index is -0.126. The maximum absolute atomic E-state index is 13.1. The van der Waals surface area contributed by atoms with E-state index < -0.39 is 0 Å². The maximum Gasteiger partial charge on any atom is 0.280 e. The Balaban J connectivity index is 1.29. The molecule has 4 aromatic rings. The zero-order valence-electron chi connectivity index (χ0n) is 20.8. The molecule has 0 N–H and O–H groups in total. The average Bonchev–Trinajstić information content (AvgIpc) is 3.52. The van der Waals surface area contributed by atoms with E-state index in [1.54, 1.807) is 0 Å². The SMILES string of the molecule is CC1=NN(c2ccccc2)C(=O)/C1=C/c1ccc(N2N=C(c3ccc(Cl)cc3)C[C@@H]2c2ccccc2)cc1. The molecule has 2 heterocycles. The van der Waals surface area contributed by atoms with Crippen molar-refractivity contribution in [3.63, 3.8) is 0 Å². The molecule has 2 aliphatic heterocycles. The van der Waals surface area contributed by atoms with E-state index in [2.05, 4.69) is 46.5 Å². The number of carbonyl (C=O) groups excluding carboxylic acids is 1. The van der Waals surface area contributed by atoms with Gasteiger partial charge in [-0.2, -0.15) is 15.2 Å². The fourth-order valence-electron chi connectivity index (χ4n) is 4.82. The Bertz CT molecular complexity index is 1560. The van der Waals surface area contributed by atoms with Crippen LogP contribution in [0.4, 0.5) is 11.4 Å². The monoisotopic (exact) mass is 516 g/mol. The quantitative estimate of drug-likeness (QED) is 0.258. The highest BCUT2D eigenvalue weighted by atomic mass is 35.5. The summed E-state index contributed by atoms with van der Waals surface area (Å²) in [4.78, 5) is 13.1. The highest BCUT2D eigenvalue weighted by Crippen LogP contribution is 2.37. The van der Waals surface area contributed by atoms with Crippen molar-refractivity contribution in [2.24, 2.45) is 10.2 Å². The van der Waals surface area contributed by atoms with Crippen LogP contribution in [0.15, 0.2) is 125 Å². The molecule has 0 bridgehead atoms. The first-order chi connectivity index (χ1) is 18.6. The number of hydrazone groups is 2. The van der Waals surface area contributed by atoms with Crippen molar-refractivity contribution >= 4 is 46.4 Å². The Morgan fingerprint density at radius 3 is 2.13 bits per heavy atom. The van der Waals surface area contributed by atoms with E-state index in [1.807, 2.05) is 85.8 Å². The summed E-state index contributed by atoms with van der Waals surface area (Å²) in [6.07, 6.45) is 2.69. The molecule has 0 aliphatic carbocycles. The lowest BCUT2D eigenvalue weighted by Gasteiger charge is -2.24. The van der Waals surface area contributed by atoms with Gasteiger partial charge in [0.15, 0.2) is 0 Å². The minimum absolute atomic E-state index is 0.0799. The van der Waals surface area contributed by atoms with Gasteiger partial charge in [-0.1, -0.05) is 84.4 Å². The smallest absolute Gasteiger partial charge is 0.267 e. The number of anilines is 2. The number of para-hydroxylation sites is 1. The molecule has 0 saturated heterocycles. The van der Waals surface area contributed by atoms with E-state index in [0.717, 1.165) is 34.6 Å². The van der Waals surface area contributed by atoms with Gasteiger partial charge in [-0.3, -0.25) is 9.80 Å². The van der Waals surface area contributed by atoms with Crippen LogP contribution in [-0.4, -0.2) is 17.3 Å². The molecule has 4 aromatic carbocycles. The summed E-state index contributed by atoms with van der Waals surface area (Å²) >= 11 is 6.11. The molecular weight excluding hydrogens is 492 g/mol. The number of nitrogens with zero attached hydrogens (tertiary/aromatic N) is 4. The molecule has 0 aromatic heterocycles.